The van der Waals surface area contributed by atoms with E-state index in [1.54, 1.807) is 7.05 Å². The zero-order valence-electron chi connectivity index (χ0n) is 7.15. The number of halogens is 3. The zero-order chi connectivity index (χ0) is 9.84. The summed E-state index contributed by atoms with van der Waals surface area (Å²) in [6.07, 6.45) is -2.75. The fourth-order valence-corrected chi connectivity index (χ4v) is 1.06. The van der Waals surface area contributed by atoms with Gasteiger partial charge in [-0.15, -0.1) is 0 Å². The molecule has 0 aromatic heterocycles. The van der Waals surface area contributed by atoms with E-state index in [1.807, 2.05) is 0 Å². The number of alkyl halides is 2. The van der Waals surface area contributed by atoms with Gasteiger partial charge in [-0.2, -0.15) is 0 Å². The van der Waals surface area contributed by atoms with E-state index in [0.29, 0.717) is 12.1 Å². The lowest BCUT2D eigenvalue weighted by atomic mass is 10.1. The number of rotatable bonds is 3. The molecule has 1 N–H and O–H groups in total. The molecule has 13 heavy (non-hydrogen) atoms. The predicted octanol–water partition coefficient (Wildman–Crippen LogP) is 2.48. The highest BCUT2D eigenvalue weighted by atomic mass is 19.3. The van der Waals surface area contributed by atoms with Crippen molar-refractivity contribution in [3.63, 3.8) is 0 Å². The standard InChI is InChI=1S/C9H10F3N/c1-13-5-6-2-3-7(9(11)12)8(10)4-6/h2-4,9,13H,5H2,1H3. The molecule has 0 aliphatic rings. The highest BCUT2D eigenvalue weighted by molar-refractivity contribution is 5.25. The molecule has 1 aromatic carbocycles. The summed E-state index contributed by atoms with van der Waals surface area (Å²) in [6, 6.07) is 3.73. The van der Waals surface area contributed by atoms with Crippen LogP contribution in [-0.2, 0) is 6.54 Å². The van der Waals surface area contributed by atoms with E-state index in [1.165, 1.54) is 6.07 Å². The molecule has 0 fully saturated rings. The van der Waals surface area contributed by atoms with Gasteiger partial charge in [0.1, 0.15) is 5.82 Å². The molecule has 0 radical (unpaired) electrons. The lowest BCUT2D eigenvalue weighted by molar-refractivity contribution is 0.146. The first-order chi connectivity index (χ1) is 6.15. The Morgan fingerprint density at radius 1 is 1.38 bits per heavy atom. The quantitative estimate of drug-likeness (QED) is 0.770. The van der Waals surface area contributed by atoms with Crippen molar-refractivity contribution >= 4 is 0 Å². The van der Waals surface area contributed by atoms with Gasteiger partial charge in [0, 0.05) is 6.54 Å². The van der Waals surface area contributed by atoms with Crippen LogP contribution < -0.4 is 5.32 Å². The first kappa shape index (κ1) is 10.1. The highest BCUT2D eigenvalue weighted by Gasteiger charge is 2.12. The Labute approximate surface area is 74.6 Å². The molecule has 0 bridgehead atoms. The lowest BCUT2D eigenvalue weighted by Gasteiger charge is -2.04. The Balaban J connectivity index is 2.92. The van der Waals surface area contributed by atoms with Gasteiger partial charge in [-0.1, -0.05) is 12.1 Å². The van der Waals surface area contributed by atoms with E-state index in [9.17, 15) is 13.2 Å². The van der Waals surface area contributed by atoms with Crippen molar-refractivity contribution in [1.82, 2.24) is 5.32 Å². The third-order valence-electron chi connectivity index (χ3n) is 1.68. The molecule has 0 spiro atoms. The van der Waals surface area contributed by atoms with Crippen LogP contribution in [0.3, 0.4) is 0 Å². The van der Waals surface area contributed by atoms with Crippen molar-refractivity contribution in [3.05, 3.63) is 35.1 Å². The lowest BCUT2D eigenvalue weighted by Crippen LogP contribution is -2.05. The molecule has 0 atom stereocenters. The summed E-state index contributed by atoms with van der Waals surface area (Å²) in [5.41, 5.74) is 0.115. The molecule has 1 aromatic rings. The molecule has 0 aliphatic heterocycles. The number of hydrogen-bond acceptors (Lipinski definition) is 1. The van der Waals surface area contributed by atoms with Crippen LogP contribution in [0.1, 0.15) is 17.6 Å². The minimum absolute atomic E-state index is 0.473. The summed E-state index contributed by atoms with van der Waals surface area (Å²) in [6.45, 7) is 0.473. The maximum absolute atomic E-state index is 12.9. The van der Waals surface area contributed by atoms with Gasteiger partial charge in [0.15, 0.2) is 0 Å². The molecule has 1 rings (SSSR count). The number of hydrogen-bond donors (Lipinski definition) is 1. The van der Waals surface area contributed by atoms with Crippen LogP contribution in [0.2, 0.25) is 0 Å². The fourth-order valence-electron chi connectivity index (χ4n) is 1.06. The molecule has 4 heteroatoms. The van der Waals surface area contributed by atoms with Gasteiger partial charge >= 0.3 is 0 Å². The zero-order valence-corrected chi connectivity index (χ0v) is 7.15. The first-order valence-electron chi connectivity index (χ1n) is 3.86. The van der Waals surface area contributed by atoms with Gasteiger partial charge in [0.05, 0.1) is 5.56 Å². The Morgan fingerprint density at radius 2 is 2.08 bits per heavy atom. The van der Waals surface area contributed by atoms with Crippen LogP contribution in [0.25, 0.3) is 0 Å². The highest BCUT2D eigenvalue weighted by Crippen LogP contribution is 2.22. The number of benzene rings is 1. The van der Waals surface area contributed by atoms with Crippen LogP contribution in [0.15, 0.2) is 18.2 Å². The van der Waals surface area contributed by atoms with Crippen molar-refractivity contribution < 1.29 is 13.2 Å². The third-order valence-corrected chi connectivity index (χ3v) is 1.68. The van der Waals surface area contributed by atoms with Gasteiger partial charge in [0.25, 0.3) is 6.43 Å². The van der Waals surface area contributed by atoms with Gasteiger partial charge in [0.2, 0.25) is 0 Å². The van der Waals surface area contributed by atoms with E-state index in [-0.39, 0.29) is 0 Å². The summed E-state index contributed by atoms with van der Waals surface area (Å²) in [5.74, 6) is -0.845. The van der Waals surface area contributed by atoms with Crippen molar-refractivity contribution in [3.8, 4) is 0 Å². The van der Waals surface area contributed by atoms with Crippen molar-refractivity contribution in [2.45, 2.75) is 13.0 Å². The normalized spacial score (nSPS) is 10.8. The first-order valence-corrected chi connectivity index (χ1v) is 3.86. The Hall–Kier alpha value is -1.03. The van der Waals surface area contributed by atoms with E-state index in [4.69, 9.17) is 0 Å². The van der Waals surface area contributed by atoms with Gasteiger partial charge < -0.3 is 5.32 Å². The molecule has 0 heterocycles. The molecule has 0 amide bonds. The Kier molecular flexibility index (Phi) is 3.31. The average Bonchev–Trinajstić information content (AvgIpc) is 2.04. The van der Waals surface area contributed by atoms with Gasteiger partial charge in [-0.3, -0.25) is 0 Å². The fraction of sp³-hybridized carbons (Fsp3) is 0.333. The second-order valence-electron chi connectivity index (χ2n) is 2.69. The van der Waals surface area contributed by atoms with Gasteiger partial charge in [-0.25, -0.2) is 13.2 Å². The molecular formula is C9H10F3N. The van der Waals surface area contributed by atoms with Crippen molar-refractivity contribution in [2.24, 2.45) is 0 Å². The van der Waals surface area contributed by atoms with Crippen LogP contribution in [0, 0.1) is 5.82 Å². The van der Waals surface area contributed by atoms with E-state index in [0.717, 1.165) is 12.1 Å². The molecule has 0 saturated carbocycles. The topological polar surface area (TPSA) is 12.0 Å². The largest absolute Gasteiger partial charge is 0.316 e. The molecule has 72 valence electrons. The smallest absolute Gasteiger partial charge is 0.266 e. The van der Waals surface area contributed by atoms with Crippen molar-refractivity contribution in [1.29, 1.82) is 0 Å². The van der Waals surface area contributed by atoms with Crippen LogP contribution in [0.4, 0.5) is 13.2 Å². The maximum atomic E-state index is 12.9. The summed E-state index contributed by atoms with van der Waals surface area (Å²) in [7, 11) is 1.71. The summed E-state index contributed by atoms with van der Waals surface area (Å²) in [4.78, 5) is 0. The van der Waals surface area contributed by atoms with Crippen LogP contribution >= 0.6 is 0 Å². The third kappa shape index (κ3) is 2.45. The van der Waals surface area contributed by atoms with Crippen LogP contribution in [-0.4, -0.2) is 7.05 Å². The minimum atomic E-state index is -2.75. The molecular weight excluding hydrogens is 179 g/mol. The Bertz CT molecular complexity index is 286. The monoisotopic (exact) mass is 189 g/mol. The van der Waals surface area contributed by atoms with E-state index in [2.05, 4.69) is 5.32 Å². The van der Waals surface area contributed by atoms with Crippen molar-refractivity contribution in [2.75, 3.05) is 7.05 Å². The predicted molar refractivity (Wildman–Crippen MR) is 44.1 cm³/mol. The average molecular weight is 189 g/mol. The van der Waals surface area contributed by atoms with E-state index >= 15 is 0 Å². The molecule has 1 nitrogen and oxygen atoms in total. The second kappa shape index (κ2) is 4.28. The number of nitrogens with one attached hydrogen (secondary N) is 1. The molecule has 0 unspecified atom stereocenters. The van der Waals surface area contributed by atoms with Crippen LogP contribution in [0.5, 0.6) is 0 Å². The Morgan fingerprint density at radius 3 is 2.54 bits per heavy atom. The summed E-state index contributed by atoms with van der Waals surface area (Å²) >= 11 is 0. The van der Waals surface area contributed by atoms with E-state index < -0.39 is 17.8 Å². The maximum Gasteiger partial charge on any atom is 0.266 e. The SMILES string of the molecule is CNCc1ccc(C(F)F)c(F)c1. The molecule has 0 saturated heterocycles. The second-order valence-corrected chi connectivity index (χ2v) is 2.69. The van der Waals surface area contributed by atoms with Gasteiger partial charge in [-0.05, 0) is 18.7 Å². The molecule has 0 aliphatic carbocycles. The minimum Gasteiger partial charge on any atom is -0.316 e. The summed E-state index contributed by atoms with van der Waals surface area (Å²) < 4.78 is 37.1. The summed E-state index contributed by atoms with van der Waals surface area (Å²) in [5, 5.41) is 2.81.